The fraction of sp³-hybridized carbons (Fsp3) is 0.875. The maximum absolute atomic E-state index is 10.6. The number of hydrogen-bond acceptors (Lipinski definition) is 3. The van der Waals surface area contributed by atoms with Crippen LogP contribution in [0, 0.1) is 11.8 Å². The Bertz CT molecular complexity index is 136. The number of carboxylic acid groups (broad SMARTS) is 1. The van der Waals surface area contributed by atoms with Crippen molar-refractivity contribution in [3.8, 4) is 0 Å². The van der Waals surface area contributed by atoms with Crippen molar-refractivity contribution in [3.63, 3.8) is 0 Å². The van der Waals surface area contributed by atoms with Crippen LogP contribution in [0.4, 0.5) is 0 Å². The summed E-state index contributed by atoms with van der Waals surface area (Å²) in [6.45, 7) is 4.31. The van der Waals surface area contributed by atoms with E-state index in [2.05, 4.69) is 0 Å². The highest BCUT2D eigenvalue weighted by atomic mass is 16.5. The maximum atomic E-state index is 10.6. The second-order valence-electron chi connectivity index (χ2n) is 3.36. The van der Waals surface area contributed by atoms with Crippen LogP contribution in [0.15, 0.2) is 0 Å². The van der Waals surface area contributed by atoms with Crippen LogP contribution < -0.4 is 5.48 Å². The number of nitrogens with one attached hydrogen (secondary N) is 1. The third-order valence-corrected chi connectivity index (χ3v) is 1.71. The fourth-order valence-electron chi connectivity index (χ4n) is 1.15. The largest absolute Gasteiger partial charge is 0.481 e. The average Bonchev–Trinajstić information content (AvgIpc) is 1.96. The predicted octanol–water partition coefficient (Wildman–Crippen LogP) is 1.10. The lowest BCUT2D eigenvalue weighted by Crippen LogP contribution is -2.21. The van der Waals surface area contributed by atoms with E-state index in [0.717, 1.165) is 0 Å². The van der Waals surface area contributed by atoms with E-state index >= 15 is 0 Å². The minimum absolute atomic E-state index is 0.337. The fourth-order valence-corrected chi connectivity index (χ4v) is 1.15. The zero-order valence-electron chi connectivity index (χ0n) is 7.58. The average molecular weight is 175 g/mol. The van der Waals surface area contributed by atoms with Crippen molar-refractivity contribution in [2.24, 2.45) is 11.8 Å². The Morgan fingerprint density at radius 3 is 2.42 bits per heavy atom. The molecule has 0 spiro atoms. The summed E-state index contributed by atoms with van der Waals surface area (Å²) in [6, 6.07) is 0. The van der Waals surface area contributed by atoms with Crippen molar-refractivity contribution >= 4 is 5.97 Å². The summed E-state index contributed by atoms with van der Waals surface area (Å²) in [5, 5.41) is 17.0. The monoisotopic (exact) mass is 175 g/mol. The van der Waals surface area contributed by atoms with Crippen LogP contribution in [0.5, 0.6) is 0 Å². The smallest absolute Gasteiger partial charge is 0.306 e. The number of hydrogen-bond donors (Lipinski definition) is 3. The number of carboxylic acids is 1. The highest BCUT2D eigenvalue weighted by molar-refractivity contribution is 5.69. The number of rotatable bonds is 6. The minimum Gasteiger partial charge on any atom is -0.481 e. The molecule has 0 bridgehead atoms. The Kier molecular flexibility index (Phi) is 5.66. The Morgan fingerprint density at radius 2 is 2.08 bits per heavy atom. The van der Waals surface area contributed by atoms with Gasteiger partial charge in [-0.25, -0.2) is 5.48 Å². The zero-order chi connectivity index (χ0) is 9.56. The molecule has 3 N–H and O–H groups in total. The van der Waals surface area contributed by atoms with Gasteiger partial charge in [0.05, 0.1) is 5.92 Å². The molecule has 0 saturated heterocycles. The lowest BCUT2D eigenvalue weighted by Gasteiger charge is -2.13. The van der Waals surface area contributed by atoms with Gasteiger partial charge in [-0.2, -0.15) is 0 Å². The first-order valence-corrected chi connectivity index (χ1v) is 4.17. The van der Waals surface area contributed by atoms with Crippen LogP contribution in [0.25, 0.3) is 0 Å². The molecular formula is C8H17NO3. The highest BCUT2D eigenvalue weighted by Gasteiger charge is 2.17. The lowest BCUT2D eigenvalue weighted by atomic mass is 9.94. The number of aliphatic carboxylic acids is 1. The molecule has 72 valence electrons. The summed E-state index contributed by atoms with van der Waals surface area (Å²) in [6.07, 6.45) is 1.14. The topological polar surface area (TPSA) is 69.6 Å². The quantitative estimate of drug-likeness (QED) is 0.529. The number of hydroxylamine groups is 1. The second-order valence-corrected chi connectivity index (χ2v) is 3.36. The van der Waals surface area contributed by atoms with Crippen LogP contribution in [0.1, 0.15) is 26.7 Å². The van der Waals surface area contributed by atoms with Crippen molar-refractivity contribution in [2.45, 2.75) is 26.7 Å². The molecule has 4 heteroatoms. The molecule has 0 rings (SSSR count). The van der Waals surface area contributed by atoms with Crippen LogP contribution in [-0.2, 0) is 4.79 Å². The Labute approximate surface area is 72.5 Å². The Hall–Kier alpha value is -0.610. The molecule has 0 aliphatic heterocycles. The van der Waals surface area contributed by atoms with Gasteiger partial charge < -0.3 is 10.3 Å². The molecule has 0 amide bonds. The molecule has 1 unspecified atom stereocenters. The summed E-state index contributed by atoms with van der Waals surface area (Å²) < 4.78 is 0. The molecule has 12 heavy (non-hydrogen) atoms. The molecule has 0 aromatic carbocycles. The van der Waals surface area contributed by atoms with Crippen molar-refractivity contribution in [3.05, 3.63) is 0 Å². The molecule has 4 nitrogen and oxygen atoms in total. The van der Waals surface area contributed by atoms with Crippen LogP contribution in [0.3, 0.4) is 0 Å². The van der Waals surface area contributed by atoms with E-state index in [1.54, 1.807) is 0 Å². The standard InChI is InChI=1S/C8H17NO3/c1-6(2)5-7(8(10)11)3-4-9-12/h6-7,9,12H,3-5H2,1-2H3,(H,10,11). The summed E-state index contributed by atoms with van der Waals surface area (Å²) in [4.78, 5) is 10.6. The van der Waals surface area contributed by atoms with Gasteiger partial charge in [-0.05, 0) is 18.8 Å². The van der Waals surface area contributed by atoms with Gasteiger partial charge in [0, 0.05) is 6.54 Å². The number of carbonyl (C=O) groups is 1. The van der Waals surface area contributed by atoms with Crippen LogP contribution >= 0.6 is 0 Å². The zero-order valence-corrected chi connectivity index (χ0v) is 7.58. The van der Waals surface area contributed by atoms with E-state index in [1.165, 1.54) is 0 Å². The third kappa shape index (κ3) is 5.09. The summed E-state index contributed by atoms with van der Waals surface area (Å²) in [5.74, 6) is -0.742. The molecule has 0 saturated carbocycles. The Balaban J connectivity index is 3.78. The molecule has 0 radical (unpaired) electrons. The van der Waals surface area contributed by atoms with E-state index in [-0.39, 0.29) is 5.92 Å². The van der Waals surface area contributed by atoms with Gasteiger partial charge in [0.15, 0.2) is 0 Å². The first kappa shape index (κ1) is 11.4. The molecular weight excluding hydrogens is 158 g/mol. The van der Waals surface area contributed by atoms with Crippen molar-refractivity contribution in [1.82, 2.24) is 5.48 Å². The third-order valence-electron chi connectivity index (χ3n) is 1.71. The first-order chi connectivity index (χ1) is 5.57. The molecule has 0 fully saturated rings. The predicted molar refractivity (Wildman–Crippen MR) is 45.0 cm³/mol. The first-order valence-electron chi connectivity index (χ1n) is 4.17. The van der Waals surface area contributed by atoms with Crippen molar-refractivity contribution < 1.29 is 15.1 Å². The summed E-state index contributed by atoms with van der Waals surface area (Å²) in [5.41, 5.74) is 1.96. The second kappa shape index (κ2) is 5.97. The van der Waals surface area contributed by atoms with Gasteiger partial charge in [-0.1, -0.05) is 13.8 Å². The van der Waals surface area contributed by atoms with Crippen molar-refractivity contribution in [2.75, 3.05) is 6.54 Å². The van der Waals surface area contributed by atoms with E-state index in [1.807, 2.05) is 19.3 Å². The van der Waals surface area contributed by atoms with Crippen molar-refractivity contribution in [1.29, 1.82) is 0 Å². The van der Waals surface area contributed by atoms with Gasteiger partial charge in [0.25, 0.3) is 0 Å². The van der Waals surface area contributed by atoms with Crippen LogP contribution in [0.2, 0.25) is 0 Å². The summed E-state index contributed by atoms with van der Waals surface area (Å²) >= 11 is 0. The van der Waals surface area contributed by atoms with Gasteiger partial charge in [-0.3, -0.25) is 4.79 Å². The Morgan fingerprint density at radius 1 is 1.50 bits per heavy atom. The van der Waals surface area contributed by atoms with Crippen LogP contribution in [-0.4, -0.2) is 22.8 Å². The van der Waals surface area contributed by atoms with Gasteiger partial charge in [-0.15, -0.1) is 0 Å². The molecule has 0 aliphatic carbocycles. The van der Waals surface area contributed by atoms with Gasteiger partial charge in [0.2, 0.25) is 0 Å². The SMILES string of the molecule is CC(C)CC(CCNO)C(=O)O. The van der Waals surface area contributed by atoms with E-state index in [4.69, 9.17) is 10.3 Å². The van der Waals surface area contributed by atoms with E-state index in [9.17, 15) is 4.79 Å². The molecule has 0 heterocycles. The normalized spacial score (nSPS) is 13.3. The van der Waals surface area contributed by atoms with E-state index in [0.29, 0.717) is 25.3 Å². The van der Waals surface area contributed by atoms with Gasteiger partial charge >= 0.3 is 5.97 Å². The molecule has 1 atom stereocenters. The minimum atomic E-state index is -0.779. The summed E-state index contributed by atoms with van der Waals surface area (Å²) in [7, 11) is 0. The molecule has 0 aromatic heterocycles. The maximum Gasteiger partial charge on any atom is 0.306 e. The molecule has 0 aliphatic rings. The van der Waals surface area contributed by atoms with E-state index < -0.39 is 5.97 Å². The lowest BCUT2D eigenvalue weighted by molar-refractivity contribution is -0.142. The van der Waals surface area contributed by atoms with Gasteiger partial charge in [0.1, 0.15) is 0 Å². The molecule has 0 aromatic rings. The highest BCUT2D eigenvalue weighted by Crippen LogP contribution is 2.14.